The van der Waals surface area contributed by atoms with E-state index in [-0.39, 0.29) is 0 Å². The summed E-state index contributed by atoms with van der Waals surface area (Å²) >= 11 is 0. The lowest BCUT2D eigenvalue weighted by Crippen LogP contribution is -1.84. The summed E-state index contributed by atoms with van der Waals surface area (Å²) in [6.45, 7) is 1.70. The number of allylic oxidation sites excluding steroid dienone is 1. The molecule has 4 heteroatoms. The van der Waals surface area contributed by atoms with Crippen molar-refractivity contribution < 1.29 is 8.42 Å². The second-order valence-corrected chi connectivity index (χ2v) is 5.12. The van der Waals surface area contributed by atoms with Crippen LogP contribution in [0.1, 0.15) is 12.5 Å². The Morgan fingerprint density at radius 1 is 1.31 bits per heavy atom. The van der Waals surface area contributed by atoms with E-state index in [4.69, 9.17) is 10.7 Å². The normalized spacial score (nSPS) is 12.9. The van der Waals surface area contributed by atoms with Crippen LogP contribution in [-0.4, -0.2) is 8.42 Å². The molecular weight excluding hydrogens is 208 g/mol. The van der Waals surface area contributed by atoms with Crippen LogP contribution in [0.25, 0.3) is 5.57 Å². The van der Waals surface area contributed by atoms with Crippen molar-refractivity contribution in [2.75, 3.05) is 0 Å². The van der Waals surface area contributed by atoms with E-state index in [1.54, 1.807) is 6.92 Å². The first-order valence-electron chi connectivity index (χ1n) is 3.67. The summed E-state index contributed by atoms with van der Waals surface area (Å²) in [5, 5.41) is 1.05. The van der Waals surface area contributed by atoms with Crippen LogP contribution < -0.4 is 0 Å². The van der Waals surface area contributed by atoms with Crippen molar-refractivity contribution in [3.05, 3.63) is 41.3 Å². The zero-order valence-corrected chi connectivity index (χ0v) is 8.64. The summed E-state index contributed by atoms with van der Waals surface area (Å²) < 4.78 is 21.4. The van der Waals surface area contributed by atoms with Crippen molar-refractivity contribution >= 4 is 25.3 Å². The molecule has 70 valence electrons. The summed E-state index contributed by atoms with van der Waals surface area (Å²) in [6, 6.07) is 9.20. The second-order valence-electron chi connectivity index (χ2n) is 2.64. The summed E-state index contributed by atoms with van der Waals surface area (Å²) in [5.41, 5.74) is 1.49. The maximum atomic E-state index is 10.7. The molecule has 0 aliphatic rings. The van der Waals surface area contributed by atoms with Gasteiger partial charge >= 0.3 is 0 Å². The summed E-state index contributed by atoms with van der Waals surface area (Å²) in [6.07, 6.45) is 0. The van der Waals surface area contributed by atoms with Gasteiger partial charge in [0.05, 0.1) is 0 Å². The molecule has 0 saturated carbocycles. The molecule has 0 radical (unpaired) electrons. The van der Waals surface area contributed by atoms with Crippen molar-refractivity contribution in [1.82, 2.24) is 0 Å². The molecule has 0 spiro atoms. The molecule has 1 aromatic carbocycles. The largest absolute Gasteiger partial charge is 0.254 e. The molecule has 0 amide bonds. The van der Waals surface area contributed by atoms with Gasteiger partial charge in [-0.15, -0.1) is 0 Å². The van der Waals surface area contributed by atoms with Gasteiger partial charge in [-0.25, -0.2) is 8.42 Å². The molecule has 0 atom stereocenters. The van der Waals surface area contributed by atoms with Gasteiger partial charge in [0.15, 0.2) is 0 Å². The van der Waals surface area contributed by atoms with Crippen molar-refractivity contribution in [2.24, 2.45) is 0 Å². The third kappa shape index (κ3) is 3.61. The van der Waals surface area contributed by atoms with Crippen molar-refractivity contribution in [1.29, 1.82) is 0 Å². The Kier molecular flexibility index (Phi) is 3.12. The number of benzene rings is 1. The fraction of sp³-hybridized carbons (Fsp3) is 0.111. The average Bonchev–Trinajstić information content (AvgIpc) is 2.03. The van der Waals surface area contributed by atoms with Crippen LogP contribution in [-0.2, 0) is 9.05 Å². The lowest BCUT2D eigenvalue weighted by molar-refractivity contribution is 0.617. The Bertz CT molecular complexity index is 407. The monoisotopic (exact) mass is 216 g/mol. The molecule has 0 aliphatic heterocycles. The first kappa shape index (κ1) is 10.3. The lowest BCUT2D eigenvalue weighted by atomic mass is 10.1. The highest BCUT2D eigenvalue weighted by Gasteiger charge is 2.01. The predicted octanol–water partition coefficient (Wildman–Crippen LogP) is 2.62. The fourth-order valence-corrected chi connectivity index (χ4v) is 1.94. The minimum absolute atomic E-state index is 0.635. The van der Waals surface area contributed by atoms with E-state index in [1.165, 1.54) is 0 Å². The van der Waals surface area contributed by atoms with Crippen molar-refractivity contribution in [3.8, 4) is 0 Å². The molecular formula is C9H9ClO2S. The lowest BCUT2D eigenvalue weighted by Gasteiger charge is -1.98. The van der Waals surface area contributed by atoms with E-state index in [0.29, 0.717) is 5.57 Å². The molecule has 13 heavy (non-hydrogen) atoms. The maximum Gasteiger partial charge on any atom is 0.254 e. The fourth-order valence-electron chi connectivity index (χ4n) is 0.980. The van der Waals surface area contributed by atoms with Gasteiger partial charge in [-0.1, -0.05) is 30.3 Å². The SMILES string of the molecule is C/C(=C\S(=O)(=O)Cl)c1ccccc1. The van der Waals surface area contributed by atoms with Crippen LogP contribution in [0.15, 0.2) is 35.7 Å². The van der Waals surface area contributed by atoms with Crippen LogP contribution in [0.5, 0.6) is 0 Å². The van der Waals surface area contributed by atoms with E-state index in [9.17, 15) is 8.42 Å². The van der Waals surface area contributed by atoms with Crippen LogP contribution in [0.2, 0.25) is 0 Å². The molecule has 1 rings (SSSR count). The van der Waals surface area contributed by atoms with Crippen LogP contribution in [0.3, 0.4) is 0 Å². The molecule has 0 unspecified atom stereocenters. The predicted molar refractivity (Wildman–Crippen MR) is 54.9 cm³/mol. The first-order valence-corrected chi connectivity index (χ1v) is 6.05. The molecule has 0 aromatic heterocycles. The molecule has 0 fully saturated rings. The third-order valence-corrected chi connectivity index (χ3v) is 2.45. The number of hydrogen-bond acceptors (Lipinski definition) is 2. The van der Waals surface area contributed by atoms with Crippen LogP contribution in [0.4, 0.5) is 0 Å². The summed E-state index contributed by atoms with van der Waals surface area (Å²) in [5.74, 6) is 0. The van der Waals surface area contributed by atoms with Gasteiger partial charge in [-0.2, -0.15) is 0 Å². The molecule has 0 saturated heterocycles. The molecule has 2 nitrogen and oxygen atoms in total. The van der Waals surface area contributed by atoms with Gasteiger partial charge in [0.1, 0.15) is 0 Å². The summed E-state index contributed by atoms with van der Waals surface area (Å²) in [4.78, 5) is 0. The third-order valence-electron chi connectivity index (χ3n) is 1.55. The Morgan fingerprint density at radius 2 is 1.85 bits per heavy atom. The van der Waals surface area contributed by atoms with Crippen molar-refractivity contribution in [2.45, 2.75) is 6.92 Å². The standard InChI is InChI=1S/C9H9ClO2S/c1-8(7-13(10,11)12)9-5-3-2-4-6-9/h2-7H,1H3/b8-7+. The van der Waals surface area contributed by atoms with E-state index < -0.39 is 9.05 Å². The topological polar surface area (TPSA) is 34.1 Å². The highest BCUT2D eigenvalue weighted by Crippen LogP contribution is 2.15. The zero-order valence-electron chi connectivity index (χ0n) is 7.07. The van der Waals surface area contributed by atoms with Gasteiger partial charge in [-0.3, -0.25) is 0 Å². The smallest absolute Gasteiger partial charge is 0.208 e. The van der Waals surface area contributed by atoms with E-state index in [0.717, 1.165) is 11.0 Å². The Hall–Kier alpha value is -0.800. The van der Waals surface area contributed by atoms with Crippen LogP contribution >= 0.6 is 10.7 Å². The molecule has 1 aromatic rings. The van der Waals surface area contributed by atoms with Gasteiger partial charge in [-0.05, 0) is 18.1 Å². The van der Waals surface area contributed by atoms with Crippen molar-refractivity contribution in [3.63, 3.8) is 0 Å². The van der Waals surface area contributed by atoms with Gasteiger partial charge in [0, 0.05) is 16.1 Å². The maximum absolute atomic E-state index is 10.7. The zero-order chi connectivity index (χ0) is 9.90. The van der Waals surface area contributed by atoms with Gasteiger partial charge < -0.3 is 0 Å². The number of halogens is 1. The molecule has 0 heterocycles. The number of hydrogen-bond donors (Lipinski definition) is 0. The first-order chi connectivity index (χ1) is 5.99. The summed E-state index contributed by atoms with van der Waals surface area (Å²) in [7, 11) is 1.51. The minimum Gasteiger partial charge on any atom is -0.208 e. The quantitative estimate of drug-likeness (QED) is 0.713. The van der Waals surface area contributed by atoms with E-state index in [2.05, 4.69) is 0 Å². The average molecular weight is 217 g/mol. The minimum atomic E-state index is -3.56. The van der Waals surface area contributed by atoms with Gasteiger partial charge in [0.25, 0.3) is 9.05 Å². The highest BCUT2D eigenvalue weighted by atomic mass is 35.7. The Morgan fingerprint density at radius 3 is 2.31 bits per heavy atom. The molecule has 0 bridgehead atoms. The molecule has 0 aliphatic carbocycles. The Labute approximate surface area is 82.3 Å². The second kappa shape index (κ2) is 3.94. The van der Waals surface area contributed by atoms with Gasteiger partial charge in [0.2, 0.25) is 0 Å². The molecule has 0 N–H and O–H groups in total. The van der Waals surface area contributed by atoms with E-state index in [1.807, 2.05) is 30.3 Å². The van der Waals surface area contributed by atoms with E-state index >= 15 is 0 Å². The number of rotatable bonds is 2. The van der Waals surface area contributed by atoms with Crippen LogP contribution in [0, 0.1) is 0 Å². The Balaban J connectivity index is 3.06. The highest BCUT2D eigenvalue weighted by molar-refractivity contribution is 8.16.